The van der Waals surface area contributed by atoms with Crippen molar-refractivity contribution in [3.63, 3.8) is 0 Å². The number of anilines is 2. The monoisotopic (exact) mass is 385 g/mol. The lowest BCUT2D eigenvalue weighted by atomic mass is 9.97. The van der Waals surface area contributed by atoms with Crippen molar-refractivity contribution < 1.29 is 13.9 Å². The summed E-state index contributed by atoms with van der Waals surface area (Å²) in [7, 11) is 0. The van der Waals surface area contributed by atoms with Crippen LogP contribution in [-0.2, 0) is 9.53 Å². The summed E-state index contributed by atoms with van der Waals surface area (Å²) in [6, 6.07) is 10.6. The topological polar surface area (TPSA) is 44.8 Å². The molecule has 0 atom stereocenters. The van der Waals surface area contributed by atoms with Crippen molar-refractivity contribution in [2.24, 2.45) is 0 Å². The van der Waals surface area contributed by atoms with E-state index in [0.29, 0.717) is 18.3 Å². The highest BCUT2D eigenvalue weighted by Crippen LogP contribution is 2.38. The first-order chi connectivity index (χ1) is 13.0. The molecule has 2 heterocycles. The summed E-state index contributed by atoms with van der Waals surface area (Å²) in [6.07, 6.45) is 0. The fourth-order valence-electron chi connectivity index (χ4n) is 3.65. The fraction of sp³-hybridized carbons (Fsp3) is 0.300. The van der Waals surface area contributed by atoms with Crippen LogP contribution < -0.4 is 15.1 Å². The summed E-state index contributed by atoms with van der Waals surface area (Å²) in [6.45, 7) is 5.12. The smallest absolute Gasteiger partial charge is 0.246 e. The van der Waals surface area contributed by atoms with Gasteiger partial charge in [0.05, 0.1) is 13.2 Å². The standard InChI is InChI=1S/C20H20FN3O2S/c1-13-9-16(24-12-18(25)22-20(24)27)11-17(14-3-2-4-15(21)10-14)19(13)23-5-7-26-8-6-23/h2-4,9-11H,5-8,12H2,1H3,(H,22,25,27). The Bertz CT molecular complexity index is 912. The molecule has 5 nitrogen and oxygen atoms in total. The van der Waals surface area contributed by atoms with E-state index in [9.17, 15) is 9.18 Å². The van der Waals surface area contributed by atoms with Crippen molar-refractivity contribution in [2.45, 2.75) is 6.92 Å². The molecule has 0 spiro atoms. The molecule has 0 radical (unpaired) electrons. The Morgan fingerprint density at radius 2 is 1.96 bits per heavy atom. The van der Waals surface area contributed by atoms with Crippen molar-refractivity contribution in [1.29, 1.82) is 0 Å². The van der Waals surface area contributed by atoms with Crippen molar-refractivity contribution >= 4 is 34.6 Å². The van der Waals surface area contributed by atoms with Gasteiger partial charge >= 0.3 is 0 Å². The third-order valence-electron chi connectivity index (χ3n) is 4.85. The Balaban J connectivity index is 1.85. The molecule has 2 aromatic rings. The van der Waals surface area contributed by atoms with Crippen molar-refractivity contribution in [1.82, 2.24) is 5.32 Å². The lowest BCUT2D eigenvalue weighted by Gasteiger charge is -2.33. The number of nitrogens with zero attached hydrogens (tertiary/aromatic N) is 2. The first-order valence-electron chi connectivity index (χ1n) is 8.87. The number of hydrogen-bond donors (Lipinski definition) is 1. The van der Waals surface area contributed by atoms with Gasteiger partial charge in [-0.1, -0.05) is 12.1 Å². The normalized spacial score (nSPS) is 17.4. The molecule has 0 bridgehead atoms. The van der Waals surface area contributed by atoms with E-state index in [2.05, 4.69) is 10.2 Å². The molecule has 1 N–H and O–H groups in total. The quantitative estimate of drug-likeness (QED) is 0.824. The minimum absolute atomic E-state index is 0.123. The highest BCUT2D eigenvalue weighted by atomic mass is 32.1. The number of hydrogen-bond acceptors (Lipinski definition) is 4. The number of halogens is 1. The molecule has 27 heavy (non-hydrogen) atoms. The third kappa shape index (κ3) is 3.52. The first-order valence-corrected chi connectivity index (χ1v) is 9.28. The lowest BCUT2D eigenvalue weighted by Crippen LogP contribution is -2.37. The minimum Gasteiger partial charge on any atom is -0.378 e. The van der Waals surface area contributed by atoms with Crippen molar-refractivity contribution in [2.75, 3.05) is 42.6 Å². The number of nitrogens with one attached hydrogen (secondary N) is 1. The predicted molar refractivity (Wildman–Crippen MR) is 108 cm³/mol. The van der Waals surface area contributed by atoms with Crippen LogP contribution in [0, 0.1) is 12.7 Å². The van der Waals surface area contributed by atoms with Gasteiger partial charge in [0.25, 0.3) is 0 Å². The van der Waals surface area contributed by atoms with Gasteiger partial charge < -0.3 is 19.9 Å². The number of benzene rings is 2. The number of aryl methyl sites for hydroxylation is 1. The van der Waals surface area contributed by atoms with E-state index in [0.717, 1.165) is 41.2 Å². The molecule has 0 saturated carbocycles. The molecule has 0 aliphatic carbocycles. The van der Waals surface area contributed by atoms with Crippen LogP contribution in [0.25, 0.3) is 11.1 Å². The average Bonchev–Trinajstić information content (AvgIpc) is 3.00. The van der Waals surface area contributed by atoms with Gasteiger partial charge in [-0.05, 0) is 54.5 Å². The molecule has 2 aliphatic rings. The van der Waals surface area contributed by atoms with Gasteiger partial charge in [-0.3, -0.25) is 4.79 Å². The summed E-state index contributed by atoms with van der Waals surface area (Å²) in [5.74, 6) is -0.403. The summed E-state index contributed by atoms with van der Waals surface area (Å²) in [5, 5.41) is 3.05. The van der Waals surface area contributed by atoms with E-state index in [1.165, 1.54) is 12.1 Å². The molecule has 0 aromatic heterocycles. The second kappa shape index (κ2) is 7.25. The molecule has 2 aromatic carbocycles. The Labute approximate surface area is 162 Å². The molecule has 2 saturated heterocycles. The van der Waals surface area contributed by atoms with Crippen LogP contribution in [0.4, 0.5) is 15.8 Å². The van der Waals surface area contributed by atoms with Gasteiger partial charge in [0.15, 0.2) is 5.11 Å². The first kappa shape index (κ1) is 17.9. The van der Waals surface area contributed by atoms with Crippen molar-refractivity contribution in [3.05, 3.63) is 47.8 Å². The maximum absolute atomic E-state index is 13.9. The Hall–Kier alpha value is -2.51. The van der Waals surface area contributed by atoms with Crippen LogP contribution in [0.1, 0.15) is 5.56 Å². The molecule has 1 amide bonds. The Morgan fingerprint density at radius 1 is 1.19 bits per heavy atom. The van der Waals surface area contributed by atoms with Gasteiger partial charge in [0.1, 0.15) is 12.4 Å². The Kier molecular flexibility index (Phi) is 4.80. The summed E-state index contributed by atoms with van der Waals surface area (Å²) >= 11 is 5.29. The van der Waals surface area contributed by atoms with Gasteiger partial charge in [-0.15, -0.1) is 0 Å². The second-order valence-electron chi connectivity index (χ2n) is 6.71. The zero-order chi connectivity index (χ0) is 19.0. The number of carbonyl (C=O) groups excluding carboxylic acids is 1. The largest absolute Gasteiger partial charge is 0.378 e. The van der Waals surface area contributed by atoms with Crippen LogP contribution in [0.15, 0.2) is 36.4 Å². The number of thiocarbonyl (C=S) groups is 1. The lowest BCUT2D eigenvalue weighted by molar-refractivity contribution is -0.117. The number of carbonyl (C=O) groups is 1. The van der Waals surface area contributed by atoms with E-state index in [4.69, 9.17) is 17.0 Å². The van der Waals surface area contributed by atoms with E-state index in [-0.39, 0.29) is 18.3 Å². The van der Waals surface area contributed by atoms with Crippen LogP contribution in [0.2, 0.25) is 0 Å². The van der Waals surface area contributed by atoms with Crippen LogP contribution in [0.3, 0.4) is 0 Å². The molecule has 7 heteroatoms. The number of rotatable bonds is 3. The van der Waals surface area contributed by atoms with Crippen LogP contribution in [-0.4, -0.2) is 43.9 Å². The highest BCUT2D eigenvalue weighted by molar-refractivity contribution is 7.80. The molecule has 140 valence electrons. The molecule has 2 fully saturated rings. The number of amides is 1. The average molecular weight is 385 g/mol. The van der Waals surface area contributed by atoms with Crippen LogP contribution in [0.5, 0.6) is 0 Å². The SMILES string of the molecule is Cc1cc(N2CC(=O)NC2=S)cc(-c2cccc(F)c2)c1N1CCOCC1. The minimum atomic E-state index is -0.281. The second-order valence-corrected chi connectivity index (χ2v) is 7.09. The third-order valence-corrected chi connectivity index (χ3v) is 5.18. The summed E-state index contributed by atoms with van der Waals surface area (Å²) in [5.41, 5.74) is 4.67. The molecular formula is C20H20FN3O2S. The van der Waals surface area contributed by atoms with Gasteiger partial charge in [-0.2, -0.15) is 0 Å². The zero-order valence-electron chi connectivity index (χ0n) is 15.0. The number of morpholine rings is 1. The molecule has 4 rings (SSSR count). The van der Waals surface area contributed by atoms with Gasteiger partial charge in [0, 0.05) is 30.0 Å². The van der Waals surface area contributed by atoms with E-state index >= 15 is 0 Å². The Morgan fingerprint density at radius 3 is 2.63 bits per heavy atom. The maximum Gasteiger partial charge on any atom is 0.246 e. The molecule has 0 unspecified atom stereocenters. The molecule has 2 aliphatic heterocycles. The highest BCUT2D eigenvalue weighted by Gasteiger charge is 2.27. The van der Waals surface area contributed by atoms with E-state index in [1.54, 1.807) is 11.0 Å². The molecular weight excluding hydrogens is 365 g/mol. The summed E-state index contributed by atoms with van der Waals surface area (Å²) < 4.78 is 19.4. The van der Waals surface area contributed by atoms with Gasteiger partial charge in [0.2, 0.25) is 5.91 Å². The fourth-order valence-corrected chi connectivity index (χ4v) is 3.93. The zero-order valence-corrected chi connectivity index (χ0v) is 15.8. The maximum atomic E-state index is 13.9. The number of ether oxygens (including phenoxy) is 1. The summed E-state index contributed by atoms with van der Waals surface area (Å²) in [4.78, 5) is 15.8. The van der Waals surface area contributed by atoms with Gasteiger partial charge in [-0.25, -0.2) is 4.39 Å². The van der Waals surface area contributed by atoms with Crippen LogP contribution >= 0.6 is 12.2 Å². The van der Waals surface area contributed by atoms with Crippen molar-refractivity contribution in [3.8, 4) is 11.1 Å². The van der Waals surface area contributed by atoms with E-state index < -0.39 is 0 Å². The van der Waals surface area contributed by atoms with E-state index in [1.807, 2.05) is 25.1 Å². The predicted octanol–water partition coefficient (Wildman–Crippen LogP) is 2.86.